The van der Waals surface area contributed by atoms with Crippen LogP contribution < -0.4 is 21.7 Å². The molecule has 0 aromatic rings. The maximum Gasteiger partial charge on any atom is 0.408 e. The molecular formula is C21H36N4O11. The molecule has 0 aromatic carbocycles. The minimum atomic E-state index is -1.46. The van der Waals surface area contributed by atoms with Gasteiger partial charge in [0.1, 0.15) is 23.7 Å². The molecule has 0 fully saturated rings. The highest BCUT2D eigenvalue weighted by Crippen LogP contribution is 2.07. The van der Waals surface area contributed by atoms with Crippen molar-refractivity contribution in [3.63, 3.8) is 0 Å². The summed E-state index contributed by atoms with van der Waals surface area (Å²) in [6.45, 7) is 5.57. The summed E-state index contributed by atoms with van der Waals surface area (Å²) in [5, 5.41) is 16.2. The summed E-state index contributed by atoms with van der Waals surface area (Å²) < 4.78 is 19.2. The monoisotopic (exact) mass is 520 g/mol. The summed E-state index contributed by atoms with van der Waals surface area (Å²) >= 11 is 0. The molecule has 0 saturated heterocycles. The number of hydrogen-bond donors (Lipinski definition) is 5. The SMILES string of the molecule is COC(=O)C(COC[C@@H](N)C(=O)OC)NC(=O)CC[C@@H](NC(=O)[C@H](C)NC(=O)OC(C)(C)C)C(=O)O. The Hall–Kier alpha value is -3.46. The number of carboxylic acid groups (broad SMARTS) is 1. The Kier molecular flexibility index (Phi) is 14.0. The van der Waals surface area contributed by atoms with Crippen molar-refractivity contribution < 1.29 is 52.8 Å². The third kappa shape index (κ3) is 13.4. The van der Waals surface area contributed by atoms with Crippen molar-refractivity contribution in [2.75, 3.05) is 27.4 Å². The third-order valence-corrected chi connectivity index (χ3v) is 4.31. The van der Waals surface area contributed by atoms with Gasteiger partial charge < -0.3 is 45.7 Å². The molecule has 206 valence electrons. The lowest BCUT2D eigenvalue weighted by Gasteiger charge is -2.22. The highest BCUT2D eigenvalue weighted by atomic mass is 16.6. The Morgan fingerprint density at radius 1 is 0.889 bits per heavy atom. The van der Waals surface area contributed by atoms with Gasteiger partial charge in [-0.2, -0.15) is 0 Å². The van der Waals surface area contributed by atoms with E-state index in [2.05, 4.69) is 25.4 Å². The number of alkyl carbamates (subject to hydrolysis) is 1. The topological polar surface area (TPSA) is 222 Å². The number of methoxy groups -OCH3 is 2. The van der Waals surface area contributed by atoms with Gasteiger partial charge in [-0.05, 0) is 34.1 Å². The number of amides is 3. The molecule has 0 rings (SSSR count). The summed E-state index contributed by atoms with van der Waals surface area (Å²) in [5.74, 6) is -4.53. The number of carbonyl (C=O) groups excluding carboxylic acids is 5. The molecule has 0 aliphatic carbocycles. The van der Waals surface area contributed by atoms with Crippen LogP contribution in [0.1, 0.15) is 40.5 Å². The first-order chi connectivity index (χ1) is 16.6. The predicted octanol–water partition coefficient (Wildman–Crippen LogP) is -1.58. The van der Waals surface area contributed by atoms with Gasteiger partial charge in [0.15, 0.2) is 6.04 Å². The number of rotatable bonds is 14. The average molecular weight is 521 g/mol. The normalized spacial score (nSPS) is 14.3. The van der Waals surface area contributed by atoms with Crippen LogP contribution in [0.3, 0.4) is 0 Å². The quantitative estimate of drug-likeness (QED) is 0.129. The Morgan fingerprint density at radius 3 is 1.97 bits per heavy atom. The Labute approximate surface area is 208 Å². The molecule has 1 unspecified atom stereocenters. The van der Waals surface area contributed by atoms with Gasteiger partial charge in [-0.25, -0.2) is 14.4 Å². The molecule has 0 aliphatic rings. The van der Waals surface area contributed by atoms with Crippen LogP contribution in [0.15, 0.2) is 0 Å². The summed E-state index contributed by atoms with van der Waals surface area (Å²) in [7, 11) is 2.23. The highest BCUT2D eigenvalue weighted by Gasteiger charge is 2.28. The second kappa shape index (κ2) is 15.5. The molecule has 0 aliphatic heterocycles. The molecule has 3 amide bonds. The van der Waals surface area contributed by atoms with Crippen LogP contribution in [-0.2, 0) is 42.9 Å². The fraction of sp³-hybridized carbons (Fsp3) is 0.714. The van der Waals surface area contributed by atoms with Crippen molar-refractivity contribution in [1.29, 1.82) is 0 Å². The molecule has 4 atom stereocenters. The standard InChI is InChI=1S/C21H36N4O11/c1-11(23-20(32)36-21(2,3)4)16(27)25-13(17(28)29)7-8-15(26)24-14(19(31)34-6)10-35-9-12(22)18(30)33-5/h11-14H,7-10,22H2,1-6H3,(H,23,32)(H,24,26)(H,25,27)(H,28,29)/t11-,12+,13+,14?/m0/s1. The number of carbonyl (C=O) groups is 6. The largest absolute Gasteiger partial charge is 0.480 e. The molecule has 6 N–H and O–H groups in total. The van der Waals surface area contributed by atoms with Gasteiger partial charge in [0.05, 0.1) is 27.4 Å². The number of hydrogen-bond acceptors (Lipinski definition) is 11. The van der Waals surface area contributed by atoms with Crippen LogP contribution >= 0.6 is 0 Å². The third-order valence-electron chi connectivity index (χ3n) is 4.31. The molecule has 0 radical (unpaired) electrons. The van der Waals surface area contributed by atoms with Crippen LogP contribution in [0.4, 0.5) is 4.79 Å². The van der Waals surface area contributed by atoms with E-state index in [1.165, 1.54) is 6.92 Å². The first kappa shape index (κ1) is 32.5. The minimum absolute atomic E-state index is 0.293. The summed E-state index contributed by atoms with van der Waals surface area (Å²) in [4.78, 5) is 71.1. The van der Waals surface area contributed by atoms with E-state index >= 15 is 0 Å². The van der Waals surface area contributed by atoms with Gasteiger partial charge in [-0.3, -0.25) is 14.4 Å². The van der Waals surface area contributed by atoms with Crippen LogP contribution in [0.2, 0.25) is 0 Å². The van der Waals surface area contributed by atoms with E-state index in [4.69, 9.17) is 15.2 Å². The van der Waals surface area contributed by atoms with Crippen LogP contribution in [-0.4, -0.2) is 98.1 Å². The van der Waals surface area contributed by atoms with E-state index in [1.54, 1.807) is 20.8 Å². The summed E-state index contributed by atoms with van der Waals surface area (Å²) in [6, 6.07) is -4.94. The van der Waals surface area contributed by atoms with E-state index in [0.717, 1.165) is 14.2 Å². The molecule has 0 aromatic heterocycles. The maximum atomic E-state index is 12.3. The fourth-order valence-corrected chi connectivity index (χ4v) is 2.49. The molecule has 0 spiro atoms. The van der Waals surface area contributed by atoms with Gasteiger partial charge in [0.2, 0.25) is 11.8 Å². The van der Waals surface area contributed by atoms with E-state index in [9.17, 15) is 33.9 Å². The van der Waals surface area contributed by atoms with Gasteiger partial charge in [-0.1, -0.05) is 0 Å². The molecule has 15 nitrogen and oxygen atoms in total. The second-order valence-electron chi connectivity index (χ2n) is 8.62. The van der Waals surface area contributed by atoms with Gasteiger partial charge in [0, 0.05) is 6.42 Å². The first-order valence-corrected chi connectivity index (χ1v) is 10.9. The van der Waals surface area contributed by atoms with E-state index < -0.39 is 65.6 Å². The van der Waals surface area contributed by atoms with Gasteiger partial charge in [-0.15, -0.1) is 0 Å². The van der Waals surface area contributed by atoms with Crippen molar-refractivity contribution in [1.82, 2.24) is 16.0 Å². The lowest BCUT2D eigenvalue weighted by Crippen LogP contribution is -2.51. The van der Waals surface area contributed by atoms with E-state index in [1.807, 2.05) is 0 Å². The zero-order valence-corrected chi connectivity index (χ0v) is 21.2. The number of nitrogens with one attached hydrogen (secondary N) is 3. The van der Waals surface area contributed by atoms with Crippen molar-refractivity contribution in [3.05, 3.63) is 0 Å². The van der Waals surface area contributed by atoms with Crippen molar-refractivity contribution in [2.24, 2.45) is 5.73 Å². The molecule has 36 heavy (non-hydrogen) atoms. The van der Waals surface area contributed by atoms with E-state index in [-0.39, 0.29) is 26.1 Å². The molecule has 0 heterocycles. The Bertz CT molecular complexity index is 797. The Morgan fingerprint density at radius 2 is 1.47 bits per heavy atom. The molecule has 0 bridgehead atoms. The average Bonchev–Trinajstić information content (AvgIpc) is 2.77. The molecule has 0 saturated carbocycles. The van der Waals surface area contributed by atoms with Crippen LogP contribution in [0.5, 0.6) is 0 Å². The van der Waals surface area contributed by atoms with Crippen molar-refractivity contribution in [3.8, 4) is 0 Å². The maximum absolute atomic E-state index is 12.3. The second-order valence-corrected chi connectivity index (χ2v) is 8.62. The minimum Gasteiger partial charge on any atom is -0.480 e. The molecular weight excluding hydrogens is 484 g/mol. The predicted molar refractivity (Wildman–Crippen MR) is 122 cm³/mol. The highest BCUT2D eigenvalue weighted by molar-refractivity contribution is 5.89. The number of ether oxygens (including phenoxy) is 4. The zero-order chi connectivity index (χ0) is 28.1. The van der Waals surface area contributed by atoms with E-state index in [0.29, 0.717) is 0 Å². The molecule has 15 heteroatoms. The number of nitrogens with two attached hydrogens (primary N) is 1. The van der Waals surface area contributed by atoms with Crippen molar-refractivity contribution in [2.45, 2.75) is 70.3 Å². The van der Waals surface area contributed by atoms with Gasteiger partial charge in [0.25, 0.3) is 0 Å². The summed E-state index contributed by atoms with van der Waals surface area (Å²) in [5.41, 5.74) is 4.73. The Balaban J connectivity index is 4.85. The lowest BCUT2D eigenvalue weighted by atomic mass is 10.1. The number of aliphatic carboxylic acids is 1. The number of esters is 2. The van der Waals surface area contributed by atoms with Crippen LogP contribution in [0, 0.1) is 0 Å². The number of carboxylic acids is 1. The summed E-state index contributed by atoms with van der Waals surface area (Å²) in [6.07, 6.45) is -1.58. The fourth-order valence-electron chi connectivity index (χ4n) is 2.49. The van der Waals surface area contributed by atoms with Crippen molar-refractivity contribution >= 4 is 35.8 Å². The van der Waals surface area contributed by atoms with Crippen LogP contribution in [0.25, 0.3) is 0 Å². The zero-order valence-electron chi connectivity index (χ0n) is 21.2. The van der Waals surface area contributed by atoms with Gasteiger partial charge >= 0.3 is 24.0 Å². The smallest absolute Gasteiger partial charge is 0.408 e. The first-order valence-electron chi connectivity index (χ1n) is 10.9. The lowest BCUT2D eigenvalue weighted by molar-refractivity contribution is -0.148.